The first-order valence-corrected chi connectivity index (χ1v) is 10.2. The summed E-state index contributed by atoms with van der Waals surface area (Å²) in [5.74, 6) is 0.739. The van der Waals surface area contributed by atoms with Gasteiger partial charge >= 0.3 is 6.03 Å². The normalized spacial score (nSPS) is 16.2. The predicted octanol–water partition coefficient (Wildman–Crippen LogP) is 3.69. The van der Waals surface area contributed by atoms with E-state index in [0.717, 1.165) is 37.1 Å². The molecule has 154 valence electrons. The molecule has 1 saturated heterocycles. The number of amides is 3. The predicted molar refractivity (Wildman–Crippen MR) is 114 cm³/mol. The zero-order valence-electron chi connectivity index (χ0n) is 16.9. The fourth-order valence-corrected chi connectivity index (χ4v) is 3.54. The third kappa shape index (κ3) is 6.24. The highest BCUT2D eigenvalue weighted by Gasteiger charge is 2.28. The Morgan fingerprint density at radius 3 is 2.59 bits per heavy atom. The van der Waals surface area contributed by atoms with Crippen molar-refractivity contribution in [2.75, 3.05) is 32.1 Å². The molecule has 6 heteroatoms. The lowest BCUT2D eigenvalue weighted by Crippen LogP contribution is -2.47. The Balaban J connectivity index is 1.40. The van der Waals surface area contributed by atoms with Gasteiger partial charge in [0.1, 0.15) is 5.75 Å². The van der Waals surface area contributed by atoms with Gasteiger partial charge in [-0.2, -0.15) is 0 Å². The molecule has 0 radical (unpaired) electrons. The van der Waals surface area contributed by atoms with Gasteiger partial charge in [-0.3, -0.25) is 4.79 Å². The Morgan fingerprint density at radius 1 is 1.10 bits per heavy atom. The van der Waals surface area contributed by atoms with Crippen LogP contribution in [-0.2, 0) is 11.2 Å². The van der Waals surface area contributed by atoms with Crippen LogP contribution in [0.4, 0.5) is 10.5 Å². The van der Waals surface area contributed by atoms with Gasteiger partial charge in [0.25, 0.3) is 0 Å². The number of aryl methyl sites for hydroxylation is 1. The van der Waals surface area contributed by atoms with Gasteiger partial charge in [-0.1, -0.05) is 30.3 Å². The van der Waals surface area contributed by atoms with Gasteiger partial charge < -0.3 is 20.3 Å². The molecule has 2 aromatic carbocycles. The average molecular weight is 396 g/mol. The van der Waals surface area contributed by atoms with E-state index in [-0.39, 0.29) is 17.9 Å². The van der Waals surface area contributed by atoms with Crippen LogP contribution in [0.5, 0.6) is 5.75 Å². The minimum absolute atomic E-state index is 0.0388. The van der Waals surface area contributed by atoms with Gasteiger partial charge in [-0.15, -0.1) is 0 Å². The van der Waals surface area contributed by atoms with Crippen LogP contribution in [0.15, 0.2) is 54.6 Å². The first kappa shape index (κ1) is 20.7. The van der Waals surface area contributed by atoms with Gasteiger partial charge in [0.05, 0.1) is 13.0 Å². The third-order valence-corrected chi connectivity index (χ3v) is 5.20. The molecule has 1 unspecified atom stereocenters. The SMILES string of the molecule is COc1ccc(CCCNC(=O)C2CCCN(C(=O)Nc3ccccc3)C2)cc1. The highest BCUT2D eigenvalue weighted by molar-refractivity contribution is 5.90. The smallest absolute Gasteiger partial charge is 0.321 e. The van der Waals surface area contributed by atoms with Crippen molar-refractivity contribution in [1.29, 1.82) is 0 Å². The second-order valence-electron chi connectivity index (χ2n) is 7.32. The van der Waals surface area contributed by atoms with E-state index in [2.05, 4.69) is 10.6 Å². The molecule has 0 saturated carbocycles. The second-order valence-corrected chi connectivity index (χ2v) is 7.32. The number of hydrogen-bond donors (Lipinski definition) is 2. The van der Waals surface area contributed by atoms with Crippen LogP contribution in [0.2, 0.25) is 0 Å². The van der Waals surface area contributed by atoms with Crippen molar-refractivity contribution in [2.24, 2.45) is 5.92 Å². The van der Waals surface area contributed by atoms with Crippen LogP contribution in [0.3, 0.4) is 0 Å². The minimum atomic E-state index is -0.147. The molecule has 1 heterocycles. The maximum Gasteiger partial charge on any atom is 0.321 e. The molecule has 29 heavy (non-hydrogen) atoms. The third-order valence-electron chi connectivity index (χ3n) is 5.20. The Bertz CT molecular complexity index is 793. The van der Waals surface area contributed by atoms with Crippen molar-refractivity contribution >= 4 is 17.6 Å². The summed E-state index contributed by atoms with van der Waals surface area (Å²) in [6.45, 7) is 1.78. The summed E-state index contributed by atoms with van der Waals surface area (Å²) >= 11 is 0. The zero-order valence-corrected chi connectivity index (χ0v) is 16.9. The number of ether oxygens (including phenoxy) is 1. The van der Waals surface area contributed by atoms with Crippen molar-refractivity contribution in [1.82, 2.24) is 10.2 Å². The van der Waals surface area contributed by atoms with E-state index < -0.39 is 0 Å². The summed E-state index contributed by atoms with van der Waals surface area (Å²) in [6, 6.07) is 17.2. The van der Waals surface area contributed by atoms with Crippen molar-refractivity contribution in [2.45, 2.75) is 25.7 Å². The van der Waals surface area contributed by atoms with Gasteiger partial charge in [0, 0.05) is 25.3 Å². The fourth-order valence-electron chi connectivity index (χ4n) is 3.54. The Labute approximate surface area is 172 Å². The number of hydrogen-bond acceptors (Lipinski definition) is 3. The van der Waals surface area contributed by atoms with Gasteiger partial charge in [0.15, 0.2) is 0 Å². The number of nitrogens with one attached hydrogen (secondary N) is 2. The molecule has 0 aromatic heterocycles. The topological polar surface area (TPSA) is 70.7 Å². The van der Waals surface area contributed by atoms with E-state index in [1.807, 2.05) is 54.6 Å². The van der Waals surface area contributed by atoms with Gasteiger partial charge in [0.2, 0.25) is 5.91 Å². The zero-order chi connectivity index (χ0) is 20.5. The largest absolute Gasteiger partial charge is 0.497 e. The number of nitrogens with zero attached hydrogens (tertiary/aromatic N) is 1. The Hall–Kier alpha value is -3.02. The molecular formula is C23H29N3O3. The summed E-state index contributed by atoms with van der Waals surface area (Å²) in [4.78, 5) is 26.7. The molecule has 2 aromatic rings. The molecule has 2 N–H and O–H groups in total. The summed E-state index contributed by atoms with van der Waals surface area (Å²) in [5, 5.41) is 5.93. The fraction of sp³-hybridized carbons (Fsp3) is 0.391. The van der Waals surface area contributed by atoms with E-state index in [4.69, 9.17) is 4.74 Å². The minimum Gasteiger partial charge on any atom is -0.497 e. The summed E-state index contributed by atoms with van der Waals surface area (Å²) in [6.07, 6.45) is 3.44. The molecule has 1 aliphatic heterocycles. The molecule has 0 bridgehead atoms. The standard InChI is InChI=1S/C23H29N3O3/c1-29-21-13-11-18(12-14-21)7-5-15-24-22(27)19-8-6-16-26(17-19)23(28)25-20-9-3-2-4-10-20/h2-4,9-14,19H,5-8,15-17H2,1H3,(H,24,27)(H,25,28). The van der Waals surface area contributed by atoms with E-state index in [0.29, 0.717) is 19.6 Å². The van der Waals surface area contributed by atoms with Crippen molar-refractivity contribution in [3.63, 3.8) is 0 Å². The van der Waals surface area contributed by atoms with E-state index in [9.17, 15) is 9.59 Å². The van der Waals surface area contributed by atoms with E-state index in [1.165, 1.54) is 5.56 Å². The van der Waals surface area contributed by atoms with Crippen LogP contribution in [0.1, 0.15) is 24.8 Å². The molecular weight excluding hydrogens is 366 g/mol. The highest BCUT2D eigenvalue weighted by atomic mass is 16.5. The number of para-hydroxylation sites is 1. The lowest BCUT2D eigenvalue weighted by atomic mass is 9.97. The quantitative estimate of drug-likeness (QED) is 0.703. The first-order valence-electron chi connectivity index (χ1n) is 10.2. The number of benzene rings is 2. The lowest BCUT2D eigenvalue weighted by molar-refractivity contribution is -0.126. The monoisotopic (exact) mass is 395 g/mol. The van der Waals surface area contributed by atoms with Crippen LogP contribution in [0, 0.1) is 5.92 Å². The molecule has 1 fully saturated rings. The number of methoxy groups -OCH3 is 1. The molecule has 0 aliphatic carbocycles. The molecule has 6 nitrogen and oxygen atoms in total. The van der Waals surface area contributed by atoms with Crippen LogP contribution < -0.4 is 15.4 Å². The van der Waals surface area contributed by atoms with E-state index >= 15 is 0 Å². The van der Waals surface area contributed by atoms with Crippen LogP contribution in [0.25, 0.3) is 0 Å². The van der Waals surface area contributed by atoms with E-state index in [1.54, 1.807) is 12.0 Å². The molecule has 1 atom stereocenters. The number of likely N-dealkylation sites (tertiary alicyclic amines) is 1. The maximum absolute atomic E-state index is 12.5. The molecule has 3 amide bonds. The van der Waals surface area contributed by atoms with Gasteiger partial charge in [-0.25, -0.2) is 4.79 Å². The molecule has 0 spiro atoms. The van der Waals surface area contributed by atoms with Crippen LogP contribution in [-0.4, -0.2) is 43.6 Å². The number of anilines is 1. The maximum atomic E-state index is 12.5. The van der Waals surface area contributed by atoms with Crippen LogP contribution >= 0.6 is 0 Å². The lowest BCUT2D eigenvalue weighted by Gasteiger charge is -2.32. The van der Waals surface area contributed by atoms with Gasteiger partial charge in [-0.05, 0) is 55.5 Å². The number of carbonyl (C=O) groups excluding carboxylic acids is 2. The highest BCUT2D eigenvalue weighted by Crippen LogP contribution is 2.18. The summed E-state index contributed by atoms with van der Waals surface area (Å²) in [5.41, 5.74) is 1.99. The first-order chi connectivity index (χ1) is 14.2. The summed E-state index contributed by atoms with van der Waals surface area (Å²) < 4.78 is 5.16. The number of rotatable bonds is 7. The summed E-state index contributed by atoms with van der Waals surface area (Å²) in [7, 11) is 1.65. The Morgan fingerprint density at radius 2 is 1.86 bits per heavy atom. The molecule has 1 aliphatic rings. The van der Waals surface area contributed by atoms with Crippen molar-refractivity contribution in [3.05, 3.63) is 60.2 Å². The Kier molecular flexibility index (Phi) is 7.50. The number of carbonyl (C=O) groups is 2. The molecule has 3 rings (SSSR count). The average Bonchev–Trinajstić information content (AvgIpc) is 2.77. The van der Waals surface area contributed by atoms with Crippen molar-refractivity contribution in [3.8, 4) is 5.75 Å². The second kappa shape index (κ2) is 10.5. The van der Waals surface area contributed by atoms with Crippen molar-refractivity contribution < 1.29 is 14.3 Å². The number of piperidine rings is 1. The number of urea groups is 1.